The second-order valence-electron chi connectivity index (χ2n) is 3.79. The zero-order chi connectivity index (χ0) is 15.5. The van der Waals surface area contributed by atoms with Crippen LogP contribution in [0.25, 0.3) is 11.4 Å². The fourth-order valence-corrected chi connectivity index (χ4v) is 1.31. The van der Waals surface area contributed by atoms with Crippen LogP contribution >= 0.6 is 0 Å². The van der Waals surface area contributed by atoms with Gasteiger partial charge in [0.25, 0.3) is 0 Å². The lowest BCUT2D eigenvalue weighted by Crippen LogP contribution is -2.19. The largest absolute Gasteiger partial charge is 0.471 e. The van der Waals surface area contributed by atoms with Gasteiger partial charge in [-0.2, -0.15) is 18.2 Å². The van der Waals surface area contributed by atoms with E-state index in [1.165, 1.54) is 25.4 Å². The van der Waals surface area contributed by atoms with Gasteiger partial charge in [0.2, 0.25) is 5.82 Å². The van der Waals surface area contributed by atoms with E-state index in [9.17, 15) is 18.0 Å². The highest BCUT2D eigenvalue weighted by Gasteiger charge is 2.38. The highest BCUT2D eigenvalue weighted by Crippen LogP contribution is 2.29. The molecule has 0 atom stereocenters. The quantitative estimate of drug-likeness (QED) is 0.932. The van der Waals surface area contributed by atoms with Crippen molar-refractivity contribution in [1.82, 2.24) is 20.4 Å². The number of hydrogen-bond donors (Lipinski definition) is 1. The van der Waals surface area contributed by atoms with Crippen LogP contribution in [0.1, 0.15) is 11.6 Å². The number of carbonyl (C=O) groups excluding carboxylic acids is 1. The van der Waals surface area contributed by atoms with Crippen molar-refractivity contribution < 1.29 is 27.2 Å². The molecule has 0 aliphatic rings. The maximum Gasteiger partial charge on any atom is 0.471 e. The third-order valence-electron chi connectivity index (χ3n) is 2.31. The van der Waals surface area contributed by atoms with Crippen LogP contribution in [0.2, 0.25) is 0 Å². The van der Waals surface area contributed by atoms with Gasteiger partial charge < -0.3 is 14.6 Å². The molecule has 0 saturated heterocycles. The summed E-state index contributed by atoms with van der Waals surface area (Å²) >= 11 is 0. The molecule has 112 valence electrons. The van der Waals surface area contributed by atoms with Crippen molar-refractivity contribution >= 4 is 6.09 Å². The van der Waals surface area contributed by atoms with Crippen LogP contribution in [0.3, 0.4) is 0 Å². The third kappa shape index (κ3) is 3.68. The summed E-state index contributed by atoms with van der Waals surface area (Å²) in [5.41, 5.74) is 0.667. The fraction of sp³-hybridized carbons (Fsp3) is 0.273. The Bertz CT molecular complexity index is 624. The van der Waals surface area contributed by atoms with Gasteiger partial charge in [0.1, 0.15) is 6.61 Å². The molecule has 0 unspecified atom stereocenters. The summed E-state index contributed by atoms with van der Waals surface area (Å²) in [6.07, 6.45) is -4.05. The Kier molecular flexibility index (Phi) is 4.05. The number of halogens is 3. The molecule has 2 aromatic heterocycles. The number of carbonyl (C=O) groups is 1. The van der Waals surface area contributed by atoms with Crippen LogP contribution in [-0.4, -0.2) is 28.3 Å². The van der Waals surface area contributed by atoms with E-state index in [-0.39, 0.29) is 18.0 Å². The highest BCUT2D eigenvalue weighted by atomic mass is 19.4. The van der Waals surface area contributed by atoms with E-state index < -0.39 is 18.2 Å². The summed E-state index contributed by atoms with van der Waals surface area (Å²) in [4.78, 5) is 18.0. The molecule has 0 bridgehead atoms. The molecule has 1 amide bonds. The lowest BCUT2D eigenvalue weighted by Gasteiger charge is -2.03. The second kappa shape index (κ2) is 5.77. The minimum Gasteiger partial charge on any atom is -0.443 e. The predicted molar refractivity (Wildman–Crippen MR) is 61.8 cm³/mol. The SMILES string of the molecule is CNC(=O)OCc1ccc(-c2noc(C(F)(F)F)n2)cn1. The Morgan fingerprint density at radius 1 is 1.43 bits per heavy atom. The molecule has 2 heterocycles. The van der Waals surface area contributed by atoms with Gasteiger partial charge in [-0.25, -0.2) is 4.79 Å². The van der Waals surface area contributed by atoms with Gasteiger partial charge >= 0.3 is 18.2 Å². The number of nitrogens with zero attached hydrogens (tertiary/aromatic N) is 3. The average molecular weight is 302 g/mol. The molecule has 10 heteroatoms. The van der Waals surface area contributed by atoms with Gasteiger partial charge in [-0.1, -0.05) is 5.16 Å². The van der Waals surface area contributed by atoms with Gasteiger partial charge in [-0.15, -0.1) is 0 Å². The standard InChI is InChI=1S/C11H9F3N4O3/c1-15-10(19)20-5-7-3-2-6(4-16-7)8-17-9(21-18-8)11(12,13)14/h2-4H,5H2,1H3,(H,15,19). The smallest absolute Gasteiger partial charge is 0.443 e. The van der Waals surface area contributed by atoms with E-state index in [4.69, 9.17) is 4.74 Å². The fourth-order valence-electron chi connectivity index (χ4n) is 1.31. The number of hydrogen-bond acceptors (Lipinski definition) is 6. The molecule has 21 heavy (non-hydrogen) atoms. The van der Waals surface area contributed by atoms with Crippen LogP contribution in [0, 0.1) is 0 Å². The van der Waals surface area contributed by atoms with Crippen molar-refractivity contribution in [3.8, 4) is 11.4 Å². The van der Waals surface area contributed by atoms with Gasteiger partial charge in [0, 0.05) is 18.8 Å². The second-order valence-corrected chi connectivity index (χ2v) is 3.79. The Labute approximate surface area is 116 Å². The van der Waals surface area contributed by atoms with Gasteiger partial charge in [-0.3, -0.25) is 4.98 Å². The van der Waals surface area contributed by atoms with Crippen LogP contribution < -0.4 is 5.32 Å². The van der Waals surface area contributed by atoms with E-state index in [0.717, 1.165) is 0 Å². The van der Waals surface area contributed by atoms with E-state index in [2.05, 4.69) is 25.0 Å². The molecular weight excluding hydrogens is 293 g/mol. The lowest BCUT2D eigenvalue weighted by atomic mass is 10.2. The molecule has 2 aromatic rings. The first-order valence-corrected chi connectivity index (χ1v) is 5.61. The summed E-state index contributed by atoms with van der Waals surface area (Å²) in [5, 5.41) is 5.49. The van der Waals surface area contributed by atoms with Crippen LogP contribution in [0.15, 0.2) is 22.9 Å². The maximum atomic E-state index is 12.3. The van der Waals surface area contributed by atoms with E-state index in [1.807, 2.05) is 0 Å². The number of pyridine rings is 1. The molecule has 2 rings (SSSR count). The van der Waals surface area contributed by atoms with Crippen molar-refractivity contribution in [2.24, 2.45) is 0 Å². The van der Waals surface area contributed by atoms with Crippen LogP contribution in [0.5, 0.6) is 0 Å². The number of alkyl carbamates (subject to hydrolysis) is 1. The molecule has 0 aliphatic heterocycles. The van der Waals surface area contributed by atoms with E-state index in [0.29, 0.717) is 5.69 Å². The Morgan fingerprint density at radius 3 is 2.71 bits per heavy atom. The number of amides is 1. The van der Waals surface area contributed by atoms with Crippen LogP contribution in [0.4, 0.5) is 18.0 Å². The average Bonchev–Trinajstić information content (AvgIpc) is 2.95. The Balaban J connectivity index is 2.08. The first-order valence-electron chi connectivity index (χ1n) is 5.61. The summed E-state index contributed by atoms with van der Waals surface area (Å²) in [6, 6.07) is 2.92. The molecule has 0 aliphatic carbocycles. The molecule has 0 aromatic carbocycles. The molecule has 0 saturated carbocycles. The topological polar surface area (TPSA) is 90.1 Å². The highest BCUT2D eigenvalue weighted by molar-refractivity contribution is 5.66. The molecular formula is C11H9F3N4O3. The number of nitrogens with one attached hydrogen (secondary N) is 1. The first kappa shape index (κ1) is 14.8. The van der Waals surface area contributed by atoms with Crippen molar-refractivity contribution in [2.45, 2.75) is 12.8 Å². The zero-order valence-corrected chi connectivity index (χ0v) is 10.6. The minimum absolute atomic E-state index is 0.0694. The maximum absolute atomic E-state index is 12.3. The normalized spacial score (nSPS) is 11.2. The third-order valence-corrected chi connectivity index (χ3v) is 2.31. The van der Waals surface area contributed by atoms with E-state index in [1.54, 1.807) is 0 Å². The number of alkyl halides is 3. The number of rotatable bonds is 3. The van der Waals surface area contributed by atoms with Gasteiger partial charge in [-0.05, 0) is 12.1 Å². The Hall–Kier alpha value is -2.65. The molecule has 1 N–H and O–H groups in total. The summed E-state index contributed by atoms with van der Waals surface area (Å²) < 4.78 is 45.8. The van der Waals surface area contributed by atoms with Gasteiger partial charge in [0.15, 0.2) is 0 Å². The molecule has 0 radical (unpaired) electrons. The number of aromatic nitrogens is 3. The summed E-state index contributed by atoms with van der Waals surface area (Å²) in [7, 11) is 1.41. The Morgan fingerprint density at radius 2 is 2.19 bits per heavy atom. The van der Waals surface area contributed by atoms with Crippen molar-refractivity contribution in [1.29, 1.82) is 0 Å². The first-order chi connectivity index (χ1) is 9.90. The summed E-state index contributed by atoms with van der Waals surface area (Å²) in [5.74, 6) is -1.65. The van der Waals surface area contributed by atoms with Crippen molar-refractivity contribution in [3.05, 3.63) is 29.9 Å². The molecule has 0 spiro atoms. The zero-order valence-electron chi connectivity index (χ0n) is 10.6. The lowest BCUT2D eigenvalue weighted by molar-refractivity contribution is -0.159. The predicted octanol–water partition coefficient (Wildman–Crippen LogP) is 2.01. The van der Waals surface area contributed by atoms with Crippen LogP contribution in [-0.2, 0) is 17.5 Å². The molecule has 7 nitrogen and oxygen atoms in total. The monoisotopic (exact) mass is 302 g/mol. The van der Waals surface area contributed by atoms with Crippen molar-refractivity contribution in [2.75, 3.05) is 7.05 Å². The van der Waals surface area contributed by atoms with Crippen molar-refractivity contribution in [3.63, 3.8) is 0 Å². The van der Waals surface area contributed by atoms with E-state index >= 15 is 0 Å². The van der Waals surface area contributed by atoms with Gasteiger partial charge in [0.05, 0.1) is 5.69 Å². The summed E-state index contributed by atoms with van der Waals surface area (Å²) in [6.45, 7) is -0.0694. The minimum atomic E-state index is -4.69. The number of ether oxygens (including phenoxy) is 1. The molecule has 0 fully saturated rings.